The molecule has 3 heterocycles. The van der Waals surface area contributed by atoms with Gasteiger partial charge in [-0.05, 0) is 52.0 Å². The number of hydrogen-bond acceptors (Lipinski definition) is 8. The molecule has 6 unspecified atom stereocenters. The van der Waals surface area contributed by atoms with Crippen molar-refractivity contribution in [2.24, 2.45) is 5.92 Å². The highest BCUT2D eigenvalue weighted by molar-refractivity contribution is 4.88. The minimum Gasteiger partial charge on any atom is -0.350 e. The number of ether oxygens (including phenoxy) is 1. The van der Waals surface area contributed by atoms with Gasteiger partial charge >= 0.3 is 6.18 Å². The Labute approximate surface area is 189 Å². The van der Waals surface area contributed by atoms with E-state index in [1.807, 2.05) is 6.92 Å². The fourth-order valence-electron chi connectivity index (χ4n) is 5.49. The number of rotatable bonds is 6. The summed E-state index contributed by atoms with van der Waals surface area (Å²) in [5.74, 6) is -1.21. The smallest absolute Gasteiger partial charge is 0.350 e. The van der Waals surface area contributed by atoms with Crippen molar-refractivity contribution >= 4 is 0 Å². The molecular weight excluding hydrogens is 423 g/mol. The van der Waals surface area contributed by atoms with Gasteiger partial charge < -0.3 is 10.1 Å². The lowest BCUT2D eigenvalue weighted by molar-refractivity contribution is -0.184. The van der Waals surface area contributed by atoms with Crippen LogP contribution in [0.15, 0.2) is 0 Å². The van der Waals surface area contributed by atoms with Crippen LogP contribution in [-0.2, 0) is 4.74 Å². The molecule has 6 atom stereocenters. The van der Waals surface area contributed by atoms with Crippen LogP contribution in [0.25, 0.3) is 0 Å². The first-order valence-corrected chi connectivity index (χ1v) is 12.4. The van der Waals surface area contributed by atoms with Crippen molar-refractivity contribution in [2.75, 3.05) is 39.3 Å². The van der Waals surface area contributed by atoms with E-state index in [9.17, 15) is 13.2 Å². The molecule has 3 saturated heterocycles. The van der Waals surface area contributed by atoms with Gasteiger partial charge in [0.05, 0.1) is 12.1 Å². The Morgan fingerprint density at radius 3 is 2.41 bits per heavy atom. The summed E-state index contributed by atoms with van der Waals surface area (Å²) in [6, 6.07) is -0.171. The predicted molar refractivity (Wildman–Crippen MR) is 116 cm³/mol. The molecule has 4 aliphatic rings. The zero-order valence-electron chi connectivity index (χ0n) is 19.1. The van der Waals surface area contributed by atoms with E-state index in [0.717, 1.165) is 39.1 Å². The van der Waals surface area contributed by atoms with Crippen molar-refractivity contribution in [1.82, 2.24) is 36.4 Å². The summed E-state index contributed by atoms with van der Waals surface area (Å²) >= 11 is 0. The van der Waals surface area contributed by atoms with Gasteiger partial charge in [0.25, 0.3) is 0 Å². The number of alkyl halides is 3. The van der Waals surface area contributed by atoms with Crippen LogP contribution in [0.4, 0.5) is 13.2 Å². The molecule has 1 aliphatic carbocycles. The molecule has 4 rings (SSSR count). The van der Waals surface area contributed by atoms with Crippen molar-refractivity contribution in [3.8, 4) is 0 Å². The summed E-state index contributed by atoms with van der Waals surface area (Å²) in [7, 11) is 0. The zero-order chi connectivity index (χ0) is 22.6. The van der Waals surface area contributed by atoms with Crippen LogP contribution < -0.4 is 26.6 Å². The third-order valence-electron chi connectivity index (χ3n) is 7.26. The largest absolute Gasteiger partial charge is 0.391 e. The van der Waals surface area contributed by atoms with Gasteiger partial charge in [-0.25, -0.2) is 0 Å². The first-order chi connectivity index (χ1) is 15.4. The Bertz CT molecular complexity index is 570. The van der Waals surface area contributed by atoms with Crippen LogP contribution in [0.2, 0.25) is 0 Å². The Morgan fingerprint density at radius 1 is 0.938 bits per heavy atom. The van der Waals surface area contributed by atoms with Gasteiger partial charge in [-0.2, -0.15) is 13.2 Å². The summed E-state index contributed by atoms with van der Waals surface area (Å²) < 4.78 is 45.5. The first-order valence-electron chi connectivity index (χ1n) is 12.4. The lowest BCUT2D eigenvalue weighted by Crippen LogP contribution is -2.77. The highest BCUT2D eigenvalue weighted by atomic mass is 19.4. The highest BCUT2D eigenvalue weighted by Crippen LogP contribution is 2.37. The molecule has 0 amide bonds. The van der Waals surface area contributed by atoms with Gasteiger partial charge in [-0.3, -0.25) is 31.1 Å². The van der Waals surface area contributed by atoms with Crippen LogP contribution in [0.1, 0.15) is 51.9 Å². The molecule has 0 radical (unpaired) electrons. The molecule has 5 N–H and O–H groups in total. The second-order valence-electron chi connectivity index (χ2n) is 9.48. The van der Waals surface area contributed by atoms with Crippen LogP contribution >= 0.6 is 0 Å². The lowest BCUT2D eigenvalue weighted by Gasteiger charge is -2.48. The number of nitrogens with zero attached hydrogens (tertiary/aromatic N) is 2. The summed E-state index contributed by atoms with van der Waals surface area (Å²) in [4.78, 5) is 4.89. The molecule has 8 nitrogen and oxygen atoms in total. The number of halogens is 3. The van der Waals surface area contributed by atoms with Crippen molar-refractivity contribution in [2.45, 2.75) is 89.2 Å². The average molecular weight is 464 g/mol. The molecule has 32 heavy (non-hydrogen) atoms. The number of piperazine rings is 1. The molecule has 0 aromatic rings. The van der Waals surface area contributed by atoms with E-state index < -0.39 is 12.1 Å². The molecule has 11 heteroatoms. The standard InChI is InChI=1S/C21H40F3N7O/c1-2-32-20-28-18(26-16-7-5-6-15(14-16)21(22,23)24)27-19(29-20)31-12-10-30(11-13-31)17-8-3-4-9-25-17/h15-20,25-29H,2-14H2,1H3. The molecule has 0 aromatic heterocycles. The summed E-state index contributed by atoms with van der Waals surface area (Å²) in [6.07, 6.45) is 1.09. The Morgan fingerprint density at radius 2 is 1.72 bits per heavy atom. The van der Waals surface area contributed by atoms with E-state index in [1.165, 1.54) is 19.3 Å². The highest BCUT2D eigenvalue weighted by Gasteiger charge is 2.43. The maximum absolute atomic E-state index is 13.2. The van der Waals surface area contributed by atoms with Crippen molar-refractivity contribution in [3.63, 3.8) is 0 Å². The maximum atomic E-state index is 13.2. The molecule has 0 aromatic carbocycles. The fraction of sp³-hybridized carbons (Fsp3) is 1.00. The van der Waals surface area contributed by atoms with E-state index in [-0.39, 0.29) is 37.8 Å². The van der Waals surface area contributed by atoms with Gasteiger partial charge in [0, 0.05) is 38.8 Å². The first kappa shape index (κ1) is 24.6. The topological polar surface area (TPSA) is 75.9 Å². The van der Waals surface area contributed by atoms with Gasteiger partial charge in [-0.1, -0.05) is 6.42 Å². The third kappa shape index (κ3) is 6.53. The van der Waals surface area contributed by atoms with E-state index in [1.54, 1.807) is 0 Å². The molecule has 1 saturated carbocycles. The molecule has 4 fully saturated rings. The molecule has 3 aliphatic heterocycles. The van der Waals surface area contributed by atoms with Crippen molar-refractivity contribution in [3.05, 3.63) is 0 Å². The van der Waals surface area contributed by atoms with Crippen molar-refractivity contribution < 1.29 is 17.9 Å². The summed E-state index contributed by atoms with van der Waals surface area (Å²) in [6.45, 7) is 7.43. The predicted octanol–water partition coefficient (Wildman–Crippen LogP) is 1.08. The normalized spacial score (nSPS) is 38.6. The number of hydrogen-bond donors (Lipinski definition) is 5. The van der Waals surface area contributed by atoms with Crippen LogP contribution in [-0.4, -0.2) is 86.4 Å². The SMILES string of the molecule is CCOC1NC(NC2CCCC(C(F)(F)F)C2)NC(N2CCN(C3CCCCN3)CC2)N1. The second-order valence-corrected chi connectivity index (χ2v) is 9.48. The molecule has 0 spiro atoms. The van der Waals surface area contributed by atoms with Crippen LogP contribution in [0, 0.1) is 5.92 Å². The Kier molecular flexibility index (Phi) is 8.66. The van der Waals surface area contributed by atoms with E-state index >= 15 is 0 Å². The fourth-order valence-corrected chi connectivity index (χ4v) is 5.49. The van der Waals surface area contributed by atoms with Crippen molar-refractivity contribution in [1.29, 1.82) is 0 Å². The minimum absolute atomic E-state index is 0.103. The quantitative estimate of drug-likeness (QED) is 0.401. The van der Waals surface area contributed by atoms with E-state index in [0.29, 0.717) is 19.2 Å². The van der Waals surface area contributed by atoms with Gasteiger partial charge in [0.2, 0.25) is 0 Å². The average Bonchev–Trinajstić information content (AvgIpc) is 2.79. The van der Waals surface area contributed by atoms with E-state index in [4.69, 9.17) is 4.74 Å². The number of nitrogens with one attached hydrogen (secondary N) is 5. The van der Waals surface area contributed by atoms with E-state index in [2.05, 4.69) is 36.4 Å². The molecular formula is C21H40F3N7O. The summed E-state index contributed by atoms with van der Waals surface area (Å²) in [5, 5.41) is 17.3. The van der Waals surface area contributed by atoms with Gasteiger partial charge in [0.15, 0.2) is 6.35 Å². The molecule has 186 valence electrons. The van der Waals surface area contributed by atoms with Gasteiger partial charge in [-0.15, -0.1) is 0 Å². The zero-order valence-corrected chi connectivity index (χ0v) is 19.1. The summed E-state index contributed by atoms with van der Waals surface area (Å²) in [5.41, 5.74) is 0. The van der Waals surface area contributed by atoms with Crippen LogP contribution in [0.3, 0.4) is 0 Å². The van der Waals surface area contributed by atoms with Crippen LogP contribution in [0.5, 0.6) is 0 Å². The lowest BCUT2D eigenvalue weighted by atomic mass is 9.85. The minimum atomic E-state index is -4.11. The Balaban J connectivity index is 1.31. The van der Waals surface area contributed by atoms with Gasteiger partial charge in [0.1, 0.15) is 12.6 Å². The number of piperidine rings is 1. The monoisotopic (exact) mass is 463 g/mol. The third-order valence-corrected chi connectivity index (χ3v) is 7.26. The molecule has 0 bridgehead atoms. The Hall–Kier alpha value is -0.530. The maximum Gasteiger partial charge on any atom is 0.391 e. The second kappa shape index (κ2) is 11.3.